The normalized spacial score (nSPS) is 15.6. The monoisotopic (exact) mass is 426 g/mol. The lowest BCUT2D eigenvalue weighted by Gasteiger charge is -2.24. The fourth-order valence-electron chi connectivity index (χ4n) is 2.16. The fraction of sp³-hybridized carbons (Fsp3) is 0.429. The first-order valence-corrected chi connectivity index (χ1v) is 10.0. The van der Waals surface area contributed by atoms with Gasteiger partial charge in [0.15, 0.2) is 4.71 Å². The molecule has 2 aromatic rings. The quantitative estimate of drug-likeness (QED) is 0.661. The highest BCUT2D eigenvalue weighted by Crippen LogP contribution is 2.31. The summed E-state index contributed by atoms with van der Waals surface area (Å²) in [5.74, 6) is -0.128. The van der Waals surface area contributed by atoms with E-state index in [1.165, 1.54) is 17.1 Å². The van der Waals surface area contributed by atoms with Crippen molar-refractivity contribution in [3.8, 4) is 0 Å². The first-order valence-electron chi connectivity index (χ1n) is 7.28. The van der Waals surface area contributed by atoms with E-state index in [1.807, 2.05) is 0 Å². The third-order valence-electron chi connectivity index (χ3n) is 3.41. The zero-order valence-electron chi connectivity index (χ0n) is 13.4. The summed E-state index contributed by atoms with van der Waals surface area (Å²) in [6.07, 6.45) is 1.53. The van der Waals surface area contributed by atoms with Crippen molar-refractivity contribution in [1.82, 2.24) is 14.8 Å². The van der Waals surface area contributed by atoms with Crippen molar-refractivity contribution < 1.29 is 13.5 Å². The molecule has 2 rings (SSSR count). The van der Waals surface area contributed by atoms with E-state index in [-0.39, 0.29) is 18.9 Å². The molecule has 1 aromatic heterocycles. The Morgan fingerprint density at radius 2 is 2.08 bits per heavy atom. The number of aromatic nitrogens is 3. The van der Waals surface area contributed by atoms with Crippen LogP contribution in [0.1, 0.15) is 25.8 Å². The zero-order valence-corrected chi connectivity index (χ0v) is 16.5. The Morgan fingerprint density at radius 1 is 1.40 bits per heavy atom. The Hall–Kier alpha value is -1.06. The summed E-state index contributed by atoms with van der Waals surface area (Å²) in [7, 11) is -3.78. The lowest BCUT2D eigenvalue weighted by Crippen LogP contribution is -2.28. The minimum absolute atomic E-state index is 0.00115. The molecule has 0 radical (unpaired) electrons. The summed E-state index contributed by atoms with van der Waals surface area (Å²) in [6, 6.07) is 4.76. The van der Waals surface area contributed by atoms with Crippen LogP contribution in [0.15, 0.2) is 24.5 Å². The van der Waals surface area contributed by atoms with E-state index < -0.39 is 20.3 Å². The van der Waals surface area contributed by atoms with Crippen LogP contribution >= 0.6 is 34.8 Å². The Labute approximate surface area is 161 Å². The number of halogens is 3. The minimum atomic E-state index is -3.78. The molecule has 2 unspecified atom stereocenters. The van der Waals surface area contributed by atoms with Crippen LogP contribution in [0.2, 0.25) is 10.0 Å². The molecule has 7 nitrogen and oxygen atoms in total. The largest absolute Gasteiger partial charge is 0.383 e. The number of hydrogen-bond donors (Lipinski definition) is 2. The lowest BCUT2D eigenvalue weighted by molar-refractivity contribution is 0.0347. The van der Waals surface area contributed by atoms with Crippen LogP contribution in [0.5, 0.6) is 0 Å². The second-order valence-corrected chi connectivity index (χ2v) is 9.12. The molecular formula is C14H17Cl3N4O3S. The van der Waals surface area contributed by atoms with Crippen molar-refractivity contribution in [2.45, 2.75) is 37.1 Å². The van der Waals surface area contributed by atoms with Gasteiger partial charge in [-0.15, -0.1) is 16.7 Å². The molecule has 0 aliphatic heterocycles. The van der Waals surface area contributed by atoms with Crippen molar-refractivity contribution in [2.75, 3.05) is 4.72 Å². The van der Waals surface area contributed by atoms with Gasteiger partial charge in [0.1, 0.15) is 11.9 Å². The van der Waals surface area contributed by atoms with Gasteiger partial charge in [0.25, 0.3) is 16.0 Å². The number of nitrogens with zero attached hydrogens (tertiary/aromatic N) is 3. The number of hydrogen-bond acceptors (Lipinski definition) is 5. The standard InChI is InChI=1S/C14H17Cl3N4O3S/c1-3-12(17)25(23,24)20-13-18-8-21(19-13)7-14(2,22)10-5-4-9(15)6-11(10)16/h4-6,8,12,22H,3,7H2,1-2H3,(H,19,20). The molecule has 2 atom stereocenters. The maximum atomic E-state index is 11.9. The first-order chi connectivity index (χ1) is 11.5. The van der Waals surface area contributed by atoms with E-state index in [9.17, 15) is 13.5 Å². The summed E-state index contributed by atoms with van der Waals surface area (Å²) < 4.78 is 26.2. The summed E-state index contributed by atoms with van der Waals surface area (Å²) in [5.41, 5.74) is -0.910. The highest BCUT2D eigenvalue weighted by atomic mass is 35.5. The number of aliphatic hydroxyl groups is 1. The van der Waals surface area contributed by atoms with Crippen molar-refractivity contribution in [3.05, 3.63) is 40.1 Å². The van der Waals surface area contributed by atoms with Gasteiger partial charge in [-0.05, 0) is 25.5 Å². The van der Waals surface area contributed by atoms with Crippen LogP contribution in [0, 0.1) is 0 Å². The zero-order chi connectivity index (χ0) is 18.8. The smallest absolute Gasteiger partial charge is 0.255 e. The van der Waals surface area contributed by atoms with Crippen molar-refractivity contribution in [1.29, 1.82) is 0 Å². The van der Waals surface area contributed by atoms with E-state index in [0.717, 1.165) is 0 Å². The second kappa shape index (κ2) is 7.67. The van der Waals surface area contributed by atoms with E-state index in [0.29, 0.717) is 15.6 Å². The number of anilines is 1. The molecule has 2 N–H and O–H groups in total. The molecule has 0 saturated heterocycles. The average Bonchev–Trinajstić information content (AvgIpc) is 2.91. The first kappa shape index (κ1) is 20.3. The van der Waals surface area contributed by atoms with Crippen LogP contribution in [0.25, 0.3) is 0 Å². The van der Waals surface area contributed by atoms with Gasteiger partial charge < -0.3 is 5.11 Å². The van der Waals surface area contributed by atoms with Gasteiger partial charge >= 0.3 is 0 Å². The molecule has 138 valence electrons. The maximum Gasteiger partial charge on any atom is 0.255 e. The predicted octanol–water partition coefficient (Wildman–Crippen LogP) is 3.21. The van der Waals surface area contributed by atoms with Crippen LogP contribution < -0.4 is 4.72 Å². The highest BCUT2D eigenvalue weighted by Gasteiger charge is 2.28. The number of sulfonamides is 1. The molecular weight excluding hydrogens is 411 g/mol. The second-order valence-electron chi connectivity index (χ2n) is 5.63. The van der Waals surface area contributed by atoms with E-state index in [1.54, 1.807) is 26.0 Å². The van der Waals surface area contributed by atoms with Crippen molar-refractivity contribution in [2.24, 2.45) is 0 Å². The van der Waals surface area contributed by atoms with E-state index in [2.05, 4.69) is 14.8 Å². The van der Waals surface area contributed by atoms with E-state index >= 15 is 0 Å². The summed E-state index contributed by atoms with van der Waals surface area (Å²) in [5, 5.41) is 15.5. The van der Waals surface area contributed by atoms with Crippen molar-refractivity contribution in [3.63, 3.8) is 0 Å². The van der Waals surface area contributed by atoms with Gasteiger partial charge in [0.05, 0.1) is 6.54 Å². The Morgan fingerprint density at radius 3 is 2.68 bits per heavy atom. The molecule has 1 heterocycles. The predicted molar refractivity (Wildman–Crippen MR) is 98.5 cm³/mol. The van der Waals surface area contributed by atoms with Gasteiger partial charge in [0.2, 0.25) is 0 Å². The van der Waals surface area contributed by atoms with Gasteiger partial charge in [-0.25, -0.2) is 17.8 Å². The Kier molecular flexibility index (Phi) is 6.22. The van der Waals surface area contributed by atoms with Gasteiger partial charge in [-0.1, -0.05) is 36.2 Å². The number of benzene rings is 1. The molecule has 0 aliphatic rings. The molecule has 0 amide bonds. The topological polar surface area (TPSA) is 97.1 Å². The summed E-state index contributed by atoms with van der Waals surface area (Å²) >= 11 is 17.7. The van der Waals surface area contributed by atoms with Crippen LogP contribution in [-0.2, 0) is 22.2 Å². The van der Waals surface area contributed by atoms with Crippen LogP contribution in [0.3, 0.4) is 0 Å². The molecule has 1 aromatic carbocycles. The highest BCUT2D eigenvalue weighted by molar-refractivity contribution is 7.94. The summed E-state index contributed by atoms with van der Waals surface area (Å²) in [6.45, 7) is 3.21. The third-order valence-corrected chi connectivity index (χ3v) is 6.44. The van der Waals surface area contributed by atoms with E-state index in [4.69, 9.17) is 34.8 Å². The Balaban J connectivity index is 2.17. The SMILES string of the molecule is CCC(Cl)S(=O)(=O)Nc1ncn(CC(C)(O)c2ccc(Cl)cc2Cl)n1. The third kappa shape index (κ3) is 4.98. The molecule has 0 fully saturated rings. The number of rotatable bonds is 7. The molecule has 0 saturated carbocycles. The van der Waals surface area contributed by atoms with Crippen molar-refractivity contribution >= 4 is 50.8 Å². The molecule has 25 heavy (non-hydrogen) atoms. The fourth-order valence-corrected chi connectivity index (χ4v) is 3.82. The number of alkyl halides is 1. The van der Waals surface area contributed by atoms with Gasteiger partial charge in [0, 0.05) is 15.6 Å². The molecule has 0 bridgehead atoms. The molecule has 0 spiro atoms. The van der Waals surface area contributed by atoms with Gasteiger partial charge in [-0.2, -0.15) is 4.98 Å². The maximum absolute atomic E-state index is 11.9. The molecule has 11 heteroatoms. The van der Waals surface area contributed by atoms with Gasteiger partial charge in [-0.3, -0.25) is 0 Å². The van der Waals surface area contributed by atoms with Crippen LogP contribution in [-0.4, -0.2) is 33.0 Å². The minimum Gasteiger partial charge on any atom is -0.383 e. The lowest BCUT2D eigenvalue weighted by atomic mass is 9.96. The van der Waals surface area contributed by atoms with Crippen LogP contribution in [0.4, 0.5) is 5.95 Å². The number of nitrogens with one attached hydrogen (secondary N) is 1. The average molecular weight is 428 g/mol. The molecule has 0 aliphatic carbocycles. The summed E-state index contributed by atoms with van der Waals surface area (Å²) in [4.78, 5) is 3.87. The Bertz CT molecular complexity index is 855.